The minimum atomic E-state index is -3.88. The van der Waals surface area contributed by atoms with E-state index in [1.807, 2.05) is 35.8 Å². The molecule has 8 heteroatoms. The van der Waals surface area contributed by atoms with E-state index in [-0.39, 0.29) is 18.0 Å². The molecule has 7 nitrogen and oxygen atoms in total. The number of benzene rings is 3. The van der Waals surface area contributed by atoms with E-state index in [0.717, 1.165) is 16.9 Å². The molecular weight excluding hydrogens is 426 g/mol. The number of sulfonamides is 1. The zero-order chi connectivity index (χ0) is 22.7. The number of fused-ring (bicyclic) bond motifs is 1. The Morgan fingerprint density at radius 1 is 1.00 bits per heavy atom. The third kappa shape index (κ3) is 4.32. The highest BCUT2D eigenvalue weighted by atomic mass is 32.2. The number of aromatic amines is 1. The molecule has 1 heterocycles. The lowest BCUT2D eigenvalue weighted by atomic mass is 10.2. The largest absolute Gasteiger partial charge is 0.497 e. The van der Waals surface area contributed by atoms with Crippen LogP contribution in [0.5, 0.6) is 5.75 Å². The number of rotatable bonds is 8. The Labute approximate surface area is 187 Å². The number of methoxy groups -OCH3 is 1. The van der Waals surface area contributed by atoms with Crippen molar-refractivity contribution < 1.29 is 22.8 Å². The lowest BCUT2D eigenvalue weighted by molar-refractivity contribution is -0.684. The van der Waals surface area contributed by atoms with E-state index in [1.54, 1.807) is 61.7 Å². The van der Waals surface area contributed by atoms with E-state index in [1.165, 1.54) is 4.31 Å². The molecular formula is C24H26N3O4S+. The number of aliphatic hydroxyl groups excluding tert-OH is 1. The highest BCUT2D eigenvalue weighted by molar-refractivity contribution is 7.92. The topological polar surface area (TPSA) is 86.5 Å². The molecule has 2 N–H and O–H groups in total. The van der Waals surface area contributed by atoms with Crippen LogP contribution in [0.25, 0.3) is 11.0 Å². The van der Waals surface area contributed by atoms with Gasteiger partial charge in [0.1, 0.15) is 18.4 Å². The summed E-state index contributed by atoms with van der Waals surface area (Å²) in [7, 11) is -2.33. The number of nitrogens with zero attached hydrogens (tertiary/aromatic N) is 2. The molecule has 0 amide bonds. The molecule has 0 radical (unpaired) electrons. The van der Waals surface area contributed by atoms with Gasteiger partial charge in [0.25, 0.3) is 15.8 Å². The zero-order valence-electron chi connectivity index (χ0n) is 18.0. The second kappa shape index (κ2) is 9.02. The molecule has 0 aliphatic carbocycles. The molecule has 1 unspecified atom stereocenters. The Bertz CT molecular complexity index is 1300. The van der Waals surface area contributed by atoms with Gasteiger partial charge in [-0.1, -0.05) is 30.3 Å². The molecule has 0 saturated carbocycles. The predicted octanol–water partition coefficient (Wildman–Crippen LogP) is 3.03. The maximum atomic E-state index is 13.5. The van der Waals surface area contributed by atoms with E-state index in [4.69, 9.17) is 4.74 Å². The van der Waals surface area contributed by atoms with Crippen molar-refractivity contribution >= 4 is 26.7 Å². The number of anilines is 1. The van der Waals surface area contributed by atoms with Gasteiger partial charge < -0.3 is 9.84 Å². The number of aromatic nitrogens is 2. The zero-order valence-corrected chi connectivity index (χ0v) is 18.8. The smallest absolute Gasteiger partial charge is 0.264 e. The quantitative estimate of drug-likeness (QED) is 0.403. The number of aliphatic hydroxyl groups is 1. The average Bonchev–Trinajstić information content (AvgIpc) is 3.13. The normalized spacial score (nSPS) is 12.6. The van der Waals surface area contributed by atoms with Crippen LogP contribution in [-0.2, 0) is 16.6 Å². The van der Waals surface area contributed by atoms with Crippen LogP contribution >= 0.6 is 0 Å². The van der Waals surface area contributed by atoms with E-state index >= 15 is 0 Å². The number of imidazole rings is 1. The standard InChI is InChI=1S/C24H25N3O4S/c1-18-25-23-10-6-7-11-24(23)26(18)16-20(28)17-27(19-12-14-21(31-2)15-13-19)32(29,30)22-8-4-3-5-9-22/h3-15,20,28H,16-17H2,1-2H3/p+1. The van der Waals surface area contributed by atoms with Crippen molar-refractivity contribution in [3.63, 3.8) is 0 Å². The molecule has 1 aromatic heterocycles. The summed E-state index contributed by atoms with van der Waals surface area (Å²) >= 11 is 0. The number of ether oxygens (including phenoxy) is 1. The van der Waals surface area contributed by atoms with Gasteiger partial charge in [-0.3, -0.25) is 4.31 Å². The number of hydrogen-bond acceptors (Lipinski definition) is 4. The average molecular weight is 453 g/mol. The van der Waals surface area contributed by atoms with Crippen LogP contribution in [0.1, 0.15) is 5.82 Å². The maximum absolute atomic E-state index is 13.5. The van der Waals surface area contributed by atoms with Crippen LogP contribution < -0.4 is 13.6 Å². The first-order valence-corrected chi connectivity index (χ1v) is 11.7. The molecule has 3 aromatic carbocycles. The fourth-order valence-corrected chi connectivity index (χ4v) is 5.29. The highest BCUT2D eigenvalue weighted by Crippen LogP contribution is 2.26. The van der Waals surface area contributed by atoms with Gasteiger partial charge in [-0.2, -0.15) is 0 Å². The van der Waals surface area contributed by atoms with E-state index < -0.39 is 16.1 Å². The Hall–Kier alpha value is -3.36. The maximum Gasteiger partial charge on any atom is 0.264 e. The lowest BCUT2D eigenvalue weighted by Crippen LogP contribution is -2.47. The van der Waals surface area contributed by atoms with Gasteiger partial charge >= 0.3 is 0 Å². The van der Waals surface area contributed by atoms with Crippen molar-refractivity contribution in [2.24, 2.45) is 0 Å². The number of aryl methyl sites for hydroxylation is 1. The van der Waals surface area contributed by atoms with Gasteiger partial charge in [-0.15, -0.1) is 0 Å². The Morgan fingerprint density at radius 2 is 1.66 bits per heavy atom. The van der Waals surface area contributed by atoms with Crippen LogP contribution in [-0.4, -0.2) is 38.3 Å². The Kier molecular flexibility index (Phi) is 6.16. The second-order valence-electron chi connectivity index (χ2n) is 7.54. The minimum Gasteiger partial charge on any atom is -0.497 e. The third-order valence-electron chi connectivity index (χ3n) is 5.38. The van der Waals surface area contributed by atoms with Gasteiger partial charge in [0.2, 0.25) is 0 Å². The van der Waals surface area contributed by atoms with E-state index in [0.29, 0.717) is 11.4 Å². The van der Waals surface area contributed by atoms with Crippen LogP contribution in [0.2, 0.25) is 0 Å². The van der Waals surface area contributed by atoms with Gasteiger partial charge in [0.15, 0.2) is 11.0 Å². The minimum absolute atomic E-state index is 0.102. The molecule has 0 aliphatic rings. The van der Waals surface area contributed by atoms with Crippen molar-refractivity contribution in [3.05, 3.63) is 84.7 Å². The molecule has 0 spiro atoms. The van der Waals surface area contributed by atoms with E-state index in [9.17, 15) is 13.5 Å². The first kappa shape index (κ1) is 21.9. The van der Waals surface area contributed by atoms with Crippen LogP contribution in [0.15, 0.2) is 83.8 Å². The molecule has 1 atom stereocenters. The number of para-hydroxylation sites is 2. The van der Waals surface area contributed by atoms with Crippen molar-refractivity contribution in [1.29, 1.82) is 0 Å². The van der Waals surface area contributed by atoms with Crippen molar-refractivity contribution in [2.45, 2.75) is 24.5 Å². The lowest BCUT2D eigenvalue weighted by Gasteiger charge is -2.26. The number of nitrogens with one attached hydrogen (secondary N) is 1. The molecule has 4 rings (SSSR count). The Balaban J connectivity index is 1.67. The van der Waals surface area contributed by atoms with E-state index in [2.05, 4.69) is 4.98 Å². The van der Waals surface area contributed by atoms with Gasteiger partial charge in [0, 0.05) is 6.92 Å². The molecule has 4 aromatic rings. The van der Waals surface area contributed by atoms with Crippen molar-refractivity contribution in [3.8, 4) is 5.75 Å². The summed E-state index contributed by atoms with van der Waals surface area (Å²) in [5, 5.41) is 11.0. The SMILES string of the molecule is COc1ccc(N(CC(O)C[n+]2c(C)[nH]c3ccccc32)S(=O)(=O)c2ccccc2)cc1. The van der Waals surface area contributed by atoms with Crippen molar-refractivity contribution in [1.82, 2.24) is 4.98 Å². The molecule has 0 bridgehead atoms. The predicted molar refractivity (Wildman–Crippen MR) is 123 cm³/mol. The number of H-pyrrole nitrogens is 1. The molecule has 0 aliphatic heterocycles. The highest BCUT2D eigenvalue weighted by Gasteiger charge is 2.29. The van der Waals surface area contributed by atoms with Gasteiger partial charge in [-0.25, -0.2) is 18.0 Å². The molecule has 166 valence electrons. The monoisotopic (exact) mass is 452 g/mol. The van der Waals surface area contributed by atoms with Crippen molar-refractivity contribution in [2.75, 3.05) is 18.0 Å². The summed E-state index contributed by atoms with van der Waals surface area (Å²) in [6.07, 6.45) is -0.946. The number of hydrogen-bond donors (Lipinski definition) is 2. The first-order chi connectivity index (χ1) is 15.4. The Morgan fingerprint density at radius 3 is 2.34 bits per heavy atom. The summed E-state index contributed by atoms with van der Waals surface area (Å²) in [6.45, 7) is 2.07. The fraction of sp³-hybridized carbons (Fsp3) is 0.208. The summed E-state index contributed by atoms with van der Waals surface area (Å²) in [4.78, 5) is 3.46. The van der Waals surface area contributed by atoms with Crippen LogP contribution in [0, 0.1) is 6.92 Å². The molecule has 32 heavy (non-hydrogen) atoms. The van der Waals surface area contributed by atoms with Gasteiger partial charge in [-0.05, 0) is 48.5 Å². The van der Waals surface area contributed by atoms with Crippen LogP contribution in [0.3, 0.4) is 0 Å². The summed E-state index contributed by atoms with van der Waals surface area (Å²) in [5.74, 6) is 1.50. The molecule has 0 fully saturated rings. The second-order valence-corrected chi connectivity index (χ2v) is 9.40. The first-order valence-electron chi connectivity index (χ1n) is 10.3. The molecule has 0 saturated heterocycles. The van der Waals surface area contributed by atoms with Gasteiger partial charge in [0.05, 0.1) is 24.2 Å². The third-order valence-corrected chi connectivity index (χ3v) is 7.18. The summed E-state index contributed by atoms with van der Waals surface area (Å²) < 4.78 is 35.4. The fourth-order valence-electron chi connectivity index (χ4n) is 3.76. The summed E-state index contributed by atoms with van der Waals surface area (Å²) in [5.41, 5.74) is 2.36. The summed E-state index contributed by atoms with van der Waals surface area (Å²) in [6, 6.07) is 22.8. The van der Waals surface area contributed by atoms with Crippen LogP contribution in [0.4, 0.5) is 5.69 Å².